The summed E-state index contributed by atoms with van der Waals surface area (Å²) in [6.07, 6.45) is 3.08. The quantitative estimate of drug-likeness (QED) is 0.779. The van der Waals surface area contributed by atoms with E-state index in [4.69, 9.17) is 0 Å². The zero-order valence-electron chi connectivity index (χ0n) is 10.3. The third kappa shape index (κ3) is 2.30. The summed E-state index contributed by atoms with van der Waals surface area (Å²) in [4.78, 5) is 30.4. The number of nitrogens with zero attached hydrogens (tertiary/aromatic N) is 2. The number of hydrogen-bond acceptors (Lipinski definition) is 3. The first-order valence-electron chi connectivity index (χ1n) is 5.97. The Morgan fingerprint density at radius 2 is 2.10 bits per heavy atom. The predicted octanol–water partition coefficient (Wildman–Crippen LogP) is 1.90. The van der Waals surface area contributed by atoms with Gasteiger partial charge < -0.3 is 4.98 Å². The highest BCUT2D eigenvalue weighted by molar-refractivity contribution is 9.10. The Hall–Kier alpha value is -2.21. The molecular formula is C14H10BrN3O2. The maximum atomic E-state index is 11.9. The van der Waals surface area contributed by atoms with Crippen molar-refractivity contribution in [2.75, 3.05) is 0 Å². The molecule has 20 heavy (non-hydrogen) atoms. The second-order valence-corrected chi connectivity index (χ2v) is 5.22. The van der Waals surface area contributed by atoms with Crippen molar-refractivity contribution in [3.63, 3.8) is 0 Å². The van der Waals surface area contributed by atoms with Crippen LogP contribution in [0.3, 0.4) is 0 Å². The van der Waals surface area contributed by atoms with Crippen molar-refractivity contribution in [3.05, 3.63) is 73.6 Å². The lowest BCUT2D eigenvalue weighted by Crippen LogP contribution is -2.35. The van der Waals surface area contributed by atoms with Crippen LogP contribution in [0.5, 0.6) is 0 Å². The Labute approximate surface area is 122 Å². The molecule has 2 heterocycles. The average Bonchev–Trinajstić information content (AvgIpc) is 2.47. The van der Waals surface area contributed by atoms with E-state index in [9.17, 15) is 9.59 Å². The highest BCUT2D eigenvalue weighted by Crippen LogP contribution is 2.13. The average molecular weight is 332 g/mol. The Morgan fingerprint density at radius 1 is 1.25 bits per heavy atom. The van der Waals surface area contributed by atoms with Gasteiger partial charge in [0.05, 0.1) is 16.5 Å². The summed E-state index contributed by atoms with van der Waals surface area (Å²) in [7, 11) is 0. The molecule has 100 valence electrons. The Morgan fingerprint density at radius 3 is 2.95 bits per heavy atom. The van der Waals surface area contributed by atoms with Crippen LogP contribution in [-0.2, 0) is 6.54 Å². The minimum absolute atomic E-state index is 0.221. The third-order valence-corrected chi connectivity index (χ3v) is 3.59. The number of pyridine rings is 1. The van der Waals surface area contributed by atoms with Crippen LogP contribution < -0.4 is 11.2 Å². The Bertz CT molecular complexity index is 899. The maximum absolute atomic E-state index is 11.9. The summed E-state index contributed by atoms with van der Waals surface area (Å²) in [5.74, 6) is 0. The summed E-state index contributed by atoms with van der Waals surface area (Å²) in [6, 6.07) is 9.46. The highest BCUT2D eigenvalue weighted by atomic mass is 79.9. The molecule has 0 spiro atoms. The van der Waals surface area contributed by atoms with E-state index < -0.39 is 5.69 Å². The van der Waals surface area contributed by atoms with Crippen molar-refractivity contribution in [1.82, 2.24) is 14.5 Å². The fourth-order valence-corrected chi connectivity index (χ4v) is 2.36. The van der Waals surface area contributed by atoms with Crippen molar-refractivity contribution in [3.8, 4) is 0 Å². The van der Waals surface area contributed by atoms with Crippen LogP contribution in [-0.4, -0.2) is 14.5 Å². The van der Waals surface area contributed by atoms with Crippen LogP contribution in [0.15, 0.2) is 56.8 Å². The van der Waals surface area contributed by atoms with Gasteiger partial charge in [0.2, 0.25) is 0 Å². The molecule has 3 aromatic rings. The summed E-state index contributed by atoms with van der Waals surface area (Å²) in [5, 5.41) is 0.976. The first-order chi connectivity index (χ1) is 9.65. The van der Waals surface area contributed by atoms with Gasteiger partial charge in [-0.05, 0) is 39.7 Å². The molecule has 1 N–H and O–H groups in total. The number of fused-ring (bicyclic) bond motifs is 1. The van der Waals surface area contributed by atoms with Crippen LogP contribution in [0.4, 0.5) is 0 Å². The number of halogens is 1. The van der Waals surface area contributed by atoms with Crippen molar-refractivity contribution in [1.29, 1.82) is 0 Å². The molecule has 0 fully saturated rings. The zero-order valence-corrected chi connectivity index (χ0v) is 11.9. The van der Waals surface area contributed by atoms with Crippen LogP contribution in [0, 0.1) is 0 Å². The second-order valence-electron chi connectivity index (χ2n) is 4.36. The number of rotatable bonds is 2. The summed E-state index contributed by atoms with van der Waals surface area (Å²) < 4.78 is 1.49. The summed E-state index contributed by atoms with van der Waals surface area (Å²) in [6.45, 7) is 0.221. The molecule has 0 aliphatic heterocycles. The van der Waals surface area contributed by atoms with E-state index in [1.54, 1.807) is 6.20 Å². The van der Waals surface area contributed by atoms with Gasteiger partial charge in [-0.1, -0.05) is 12.1 Å². The maximum Gasteiger partial charge on any atom is 0.328 e. The summed E-state index contributed by atoms with van der Waals surface area (Å²) in [5.41, 5.74) is 0.979. The number of benzene rings is 1. The lowest BCUT2D eigenvalue weighted by atomic mass is 10.1. The van der Waals surface area contributed by atoms with Gasteiger partial charge >= 0.3 is 5.69 Å². The lowest BCUT2D eigenvalue weighted by Gasteiger charge is -2.06. The van der Waals surface area contributed by atoms with Crippen molar-refractivity contribution in [2.24, 2.45) is 0 Å². The molecule has 1 aromatic carbocycles. The van der Waals surface area contributed by atoms with Gasteiger partial charge in [0.15, 0.2) is 0 Å². The molecule has 0 saturated heterocycles. The van der Waals surface area contributed by atoms with Gasteiger partial charge in [0, 0.05) is 17.8 Å². The minimum Gasteiger partial charge on any atom is -0.313 e. The molecule has 0 aliphatic rings. The SMILES string of the molecule is O=c1[nH]cc(Br)c(=O)n1Cc1ccc2ncccc2c1. The molecule has 0 unspecified atom stereocenters. The first kappa shape index (κ1) is 12.8. The van der Waals surface area contributed by atoms with Gasteiger partial charge in [-0.2, -0.15) is 0 Å². The molecule has 0 amide bonds. The number of aromatic amines is 1. The van der Waals surface area contributed by atoms with Crippen LogP contribution in [0.25, 0.3) is 10.9 Å². The van der Waals surface area contributed by atoms with Gasteiger partial charge in [-0.15, -0.1) is 0 Å². The molecular weight excluding hydrogens is 322 g/mol. The van der Waals surface area contributed by atoms with E-state index in [2.05, 4.69) is 25.9 Å². The topological polar surface area (TPSA) is 67.8 Å². The van der Waals surface area contributed by atoms with Crippen LogP contribution in [0.2, 0.25) is 0 Å². The molecule has 0 atom stereocenters. The van der Waals surface area contributed by atoms with Gasteiger partial charge in [0.1, 0.15) is 0 Å². The number of hydrogen-bond donors (Lipinski definition) is 1. The van der Waals surface area contributed by atoms with Crippen molar-refractivity contribution in [2.45, 2.75) is 6.54 Å². The standard InChI is InChI=1S/C14H10BrN3O2/c15-11-7-17-14(20)18(13(11)19)8-9-3-4-12-10(6-9)2-1-5-16-12/h1-7H,8H2,(H,17,20). The molecule has 6 heteroatoms. The number of H-pyrrole nitrogens is 1. The third-order valence-electron chi connectivity index (χ3n) is 3.03. The largest absolute Gasteiger partial charge is 0.328 e. The number of aromatic nitrogens is 3. The molecule has 3 rings (SSSR count). The lowest BCUT2D eigenvalue weighted by molar-refractivity contribution is 0.694. The van der Waals surface area contributed by atoms with E-state index in [-0.39, 0.29) is 12.1 Å². The van der Waals surface area contributed by atoms with Crippen molar-refractivity contribution < 1.29 is 0 Å². The molecule has 0 bridgehead atoms. The smallest absolute Gasteiger partial charge is 0.313 e. The molecule has 5 nitrogen and oxygen atoms in total. The van der Waals surface area contributed by atoms with E-state index in [0.29, 0.717) is 4.47 Å². The molecule has 0 radical (unpaired) electrons. The molecule has 0 saturated carbocycles. The van der Waals surface area contributed by atoms with E-state index in [0.717, 1.165) is 21.0 Å². The van der Waals surface area contributed by atoms with Gasteiger partial charge in [0.25, 0.3) is 5.56 Å². The fourth-order valence-electron chi connectivity index (χ4n) is 2.04. The number of nitrogens with one attached hydrogen (secondary N) is 1. The normalized spacial score (nSPS) is 10.8. The fraction of sp³-hybridized carbons (Fsp3) is 0.0714. The van der Waals surface area contributed by atoms with E-state index >= 15 is 0 Å². The zero-order chi connectivity index (χ0) is 14.1. The van der Waals surface area contributed by atoms with E-state index in [1.165, 1.54) is 6.20 Å². The molecule has 0 aliphatic carbocycles. The van der Waals surface area contributed by atoms with Gasteiger partial charge in [-0.25, -0.2) is 4.79 Å². The molecule has 2 aromatic heterocycles. The summed E-state index contributed by atoms with van der Waals surface area (Å²) >= 11 is 3.12. The minimum atomic E-state index is -0.426. The van der Waals surface area contributed by atoms with Crippen molar-refractivity contribution >= 4 is 26.8 Å². The Kier molecular flexibility index (Phi) is 3.23. The Balaban J connectivity index is 2.08. The second kappa shape index (κ2) is 5.05. The monoisotopic (exact) mass is 331 g/mol. The predicted molar refractivity (Wildman–Crippen MR) is 79.9 cm³/mol. The van der Waals surface area contributed by atoms with E-state index in [1.807, 2.05) is 30.3 Å². The highest BCUT2D eigenvalue weighted by Gasteiger charge is 2.06. The van der Waals surface area contributed by atoms with Crippen LogP contribution in [0.1, 0.15) is 5.56 Å². The first-order valence-corrected chi connectivity index (χ1v) is 6.76. The van der Waals surface area contributed by atoms with Gasteiger partial charge in [-0.3, -0.25) is 14.3 Å². The van der Waals surface area contributed by atoms with Crippen LogP contribution >= 0.6 is 15.9 Å².